The number of nitrogens with two attached hydrogens (primary N) is 1. The number of aryl methyl sites for hydroxylation is 1. The van der Waals surface area contributed by atoms with Gasteiger partial charge in [-0.15, -0.1) is 0 Å². The largest absolute Gasteiger partial charge is 0.486 e. The van der Waals surface area contributed by atoms with Crippen molar-refractivity contribution in [1.29, 1.82) is 0 Å². The van der Waals surface area contributed by atoms with Gasteiger partial charge in [-0.25, -0.2) is 0 Å². The minimum absolute atomic E-state index is 0.234. The van der Waals surface area contributed by atoms with Crippen LogP contribution in [-0.2, 0) is 11.2 Å². The molecule has 2 N–H and O–H groups in total. The van der Waals surface area contributed by atoms with Crippen molar-refractivity contribution in [3.8, 4) is 11.5 Å². The smallest absolute Gasteiger partial charge is 0.218 e. The van der Waals surface area contributed by atoms with Crippen molar-refractivity contribution in [3.63, 3.8) is 0 Å². The minimum atomic E-state index is -0.234. The van der Waals surface area contributed by atoms with Crippen LogP contribution < -0.4 is 15.2 Å². The van der Waals surface area contributed by atoms with E-state index < -0.39 is 0 Å². The molecular weight excluding hydrogens is 230 g/mol. The molecule has 0 radical (unpaired) electrons. The molecular formula is C14H17NO3. The normalized spacial score (nSPS) is 21.2. The highest BCUT2D eigenvalue weighted by atomic mass is 16.6. The summed E-state index contributed by atoms with van der Waals surface area (Å²) in [4.78, 5) is 11.1. The van der Waals surface area contributed by atoms with E-state index in [1.807, 2.05) is 6.07 Å². The van der Waals surface area contributed by atoms with Crippen LogP contribution in [0.15, 0.2) is 12.1 Å². The summed E-state index contributed by atoms with van der Waals surface area (Å²) in [6, 6.07) is 4.10. The SMILES string of the molecule is NC(=O)CC1CCCc2cc3c(cc21)OCCO3. The lowest BCUT2D eigenvalue weighted by Crippen LogP contribution is -2.20. The zero-order chi connectivity index (χ0) is 12.5. The maximum Gasteiger partial charge on any atom is 0.218 e. The fourth-order valence-electron chi connectivity index (χ4n) is 2.89. The Hall–Kier alpha value is -1.71. The monoisotopic (exact) mass is 247 g/mol. The van der Waals surface area contributed by atoms with Crippen molar-refractivity contribution >= 4 is 5.91 Å². The van der Waals surface area contributed by atoms with Gasteiger partial charge < -0.3 is 15.2 Å². The Labute approximate surface area is 106 Å². The lowest BCUT2D eigenvalue weighted by atomic mass is 9.80. The number of hydrogen-bond acceptors (Lipinski definition) is 3. The number of amides is 1. The van der Waals surface area contributed by atoms with Gasteiger partial charge in [-0.2, -0.15) is 0 Å². The second-order valence-corrected chi connectivity index (χ2v) is 4.95. The molecule has 0 spiro atoms. The van der Waals surface area contributed by atoms with Gasteiger partial charge in [-0.1, -0.05) is 0 Å². The standard InChI is InChI=1S/C14H17NO3/c15-14(16)7-10-3-1-2-9-6-12-13(8-11(9)10)18-5-4-17-12/h6,8,10H,1-5,7H2,(H2,15,16). The topological polar surface area (TPSA) is 61.6 Å². The van der Waals surface area contributed by atoms with E-state index in [0.29, 0.717) is 19.6 Å². The zero-order valence-corrected chi connectivity index (χ0v) is 10.3. The first-order valence-corrected chi connectivity index (χ1v) is 6.45. The molecule has 1 unspecified atom stereocenters. The first-order valence-electron chi connectivity index (χ1n) is 6.45. The molecule has 0 aromatic heterocycles. The highest BCUT2D eigenvalue weighted by molar-refractivity contribution is 5.75. The van der Waals surface area contributed by atoms with E-state index in [-0.39, 0.29) is 11.8 Å². The van der Waals surface area contributed by atoms with Crippen molar-refractivity contribution in [2.45, 2.75) is 31.6 Å². The predicted molar refractivity (Wildman–Crippen MR) is 66.9 cm³/mol. The molecule has 1 atom stereocenters. The van der Waals surface area contributed by atoms with Gasteiger partial charge in [0.25, 0.3) is 0 Å². The van der Waals surface area contributed by atoms with E-state index in [2.05, 4.69) is 6.07 Å². The molecule has 1 aliphatic carbocycles. The summed E-state index contributed by atoms with van der Waals surface area (Å²) >= 11 is 0. The summed E-state index contributed by atoms with van der Waals surface area (Å²) in [6.45, 7) is 1.20. The van der Waals surface area contributed by atoms with Gasteiger partial charge in [0.2, 0.25) is 5.91 Å². The van der Waals surface area contributed by atoms with Crippen LogP contribution in [-0.4, -0.2) is 19.1 Å². The first kappa shape index (κ1) is 11.4. The predicted octanol–water partition coefficient (Wildman–Crippen LogP) is 1.75. The average Bonchev–Trinajstić information content (AvgIpc) is 2.36. The van der Waals surface area contributed by atoms with Gasteiger partial charge in [0, 0.05) is 6.42 Å². The quantitative estimate of drug-likeness (QED) is 0.866. The second-order valence-electron chi connectivity index (χ2n) is 4.95. The number of fused-ring (bicyclic) bond motifs is 2. The molecule has 2 aliphatic rings. The first-order chi connectivity index (χ1) is 8.74. The van der Waals surface area contributed by atoms with Gasteiger partial charge >= 0.3 is 0 Å². The van der Waals surface area contributed by atoms with E-state index >= 15 is 0 Å². The maximum absolute atomic E-state index is 11.1. The second kappa shape index (κ2) is 4.52. The van der Waals surface area contributed by atoms with Crippen LogP contribution in [0.25, 0.3) is 0 Å². The van der Waals surface area contributed by atoms with E-state index in [9.17, 15) is 4.79 Å². The van der Waals surface area contributed by atoms with Crippen LogP contribution in [0.4, 0.5) is 0 Å². The van der Waals surface area contributed by atoms with Crippen molar-refractivity contribution in [1.82, 2.24) is 0 Å². The van der Waals surface area contributed by atoms with Gasteiger partial charge in [0.1, 0.15) is 13.2 Å². The number of benzene rings is 1. The molecule has 96 valence electrons. The van der Waals surface area contributed by atoms with E-state index in [4.69, 9.17) is 15.2 Å². The van der Waals surface area contributed by atoms with Gasteiger partial charge in [-0.05, 0) is 48.4 Å². The summed E-state index contributed by atoms with van der Waals surface area (Å²) in [6.07, 6.45) is 3.59. The van der Waals surface area contributed by atoms with Gasteiger partial charge in [0.05, 0.1) is 0 Å². The summed E-state index contributed by atoms with van der Waals surface area (Å²) in [5.74, 6) is 1.64. The fraction of sp³-hybridized carbons (Fsp3) is 0.500. The van der Waals surface area contributed by atoms with Crippen LogP contribution >= 0.6 is 0 Å². The van der Waals surface area contributed by atoms with Crippen LogP contribution in [0.3, 0.4) is 0 Å². The molecule has 0 fully saturated rings. The van der Waals surface area contributed by atoms with Crippen molar-refractivity contribution in [2.75, 3.05) is 13.2 Å². The molecule has 4 heteroatoms. The van der Waals surface area contributed by atoms with E-state index in [1.54, 1.807) is 0 Å². The maximum atomic E-state index is 11.1. The molecule has 1 aromatic carbocycles. The van der Waals surface area contributed by atoms with E-state index in [1.165, 1.54) is 11.1 Å². The molecule has 1 aliphatic heterocycles. The Bertz CT molecular complexity index is 484. The number of ether oxygens (including phenoxy) is 2. The van der Waals surface area contributed by atoms with Gasteiger partial charge in [-0.3, -0.25) is 4.79 Å². The number of primary amides is 1. The third kappa shape index (κ3) is 2.03. The van der Waals surface area contributed by atoms with Crippen molar-refractivity contribution < 1.29 is 14.3 Å². The summed E-state index contributed by atoms with van der Waals surface area (Å²) in [5, 5.41) is 0. The lowest BCUT2D eigenvalue weighted by molar-refractivity contribution is -0.118. The van der Waals surface area contributed by atoms with Crippen molar-refractivity contribution in [2.24, 2.45) is 5.73 Å². The lowest BCUT2D eigenvalue weighted by Gasteiger charge is -2.28. The molecule has 4 nitrogen and oxygen atoms in total. The van der Waals surface area contributed by atoms with Crippen LogP contribution in [0, 0.1) is 0 Å². The number of hydrogen-bond donors (Lipinski definition) is 1. The van der Waals surface area contributed by atoms with Crippen molar-refractivity contribution in [3.05, 3.63) is 23.3 Å². The van der Waals surface area contributed by atoms with Gasteiger partial charge in [0.15, 0.2) is 11.5 Å². The Morgan fingerprint density at radius 3 is 2.72 bits per heavy atom. The number of carbonyl (C=O) groups excluding carboxylic acids is 1. The molecule has 1 amide bonds. The molecule has 3 rings (SSSR count). The highest BCUT2D eigenvalue weighted by Gasteiger charge is 2.25. The molecule has 1 aromatic rings. The molecule has 0 bridgehead atoms. The Kier molecular flexibility index (Phi) is 2.86. The molecule has 0 saturated carbocycles. The summed E-state index contributed by atoms with van der Waals surface area (Å²) in [7, 11) is 0. The van der Waals surface area contributed by atoms with Crippen LogP contribution in [0.1, 0.15) is 36.3 Å². The minimum Gasteiger partial charge on any atom is -0.486 e. The van der Waals surface area contributed by atoms with E-state index in [0.717, 1.165) is 30.8 Å². The summed E-state index contributed by atoms with van der Waals surface area (Å²) in [5.41, 5.74) is 7.81. The molecule has 18 heavy (non-hydrogen) atoms. The third-order valence-corrected chi connectivity index (χ3v) is 3.69. The number of rotatable bonds is 2. The van der Waals surface area contributed by atoms with Crippen LogP contribution in [0.5, 0.6) is 11.5 Å². The highest BCUT2D eigenvalue weighted by Crippen LogP contribution is 2.41. The third-order valence-electron chi connectivity index (χ3n) is 3.69. The zero-order valence-electron chi connectivity index (χ0n) is 10.3. The number of carbonyl (C=O) groups is 1. The summed E-state index contributed by atoms with van der Waals surface area (Å²) < 4.78 is 11.2. The molecule has 1 heterocycles. The fourth-order valence-corrected chi connectivity index (χ4v) is 2.89. The average molecular weight is 247 g/mol. The Morgan fingerprint density at radius 2 is 2.00 bits per heavy atom. The van der Waals surface area contributed by atoms with Crippen LogP contribution in [0.2, 0.25) is 0 Å². The Morgan fingerprint density at radius 1 is 1.28 bits per heavy atom. The molecule has 0 saturated heterocycles. The Balaban J connectivity index is 1.98.